The highest BCUT2D eigenvalue weighted by Gasteiger charge is 2.35. The maximum Gasteiger partial charge on any atom is 0.410 e. The fourth-order valence-electron chi connectivity index (χ4n) is 3.20. The summed E-state index contributed by atoms with van der Waals surface area (Å²) >= 11 is 0. The van der Waals surface area contributed by atoms with E-state index in [1.54, 1.807) is 0 Å². The molecule has 3 atom stereocenters. The van der Waals surface area contributed by atoms with Gasteiger partial charge in [0, 0.05) is 44.3 Å². The van der Waals surface area contributed by atoms with E-state index in [-0.39, 0.29) is 6.09 Å². The Hall–Kier alpha value is -0.810. The molecule has 0 spiro atoms. The van der Waals surface area contributed by atoms with Crippen LogP contribution < -0.4 is 5.32 Å². The van der Waals surface area contributed by atoms with Crippen LogP contribution in [0, 0.1) is 0 Å². The largest absolute Gasteiger partial charge is 0.444 e. The van der Waals surface area contributed by atoms with Gasteiger partial charge in [0.2, 0.25) is 0 Å². The molecular weight excluding hydrogens is 254 g/mol. The Morgan fingerprint density at radius 1 is 1.15 bits per heavy atom. The zero-order chi connectivity index (χ0) is 14.9. The zero-order valence-corrected chi connectivity index (χ0v) is 13.5. The average molecular weight is 283 g/mol. The molecule has 2 saturated heterocycles. The van der Waals surface area contributed by atoms with Crippen LogP contribution in [0.2, 0.25) is 0 Å². The van der Waals surface area contributed by atoms with Crippen molar-refractivity contribution in [2.75, 3.05) is 26.2 Å². The number of hydrogen-bond donors (Lipinski definition) is 1. The highest BCUT2D eigenvalue weighted by molar-refractivity contribution is 5.68. The summed E-state index contributed by atoms with van der Waals surface area (Å²) < 4.78 is 5.46. The molecule has 116 valence electrons. The van der Waals surface area contributed by atoms with Crippen molar-refractivity contribution in [1.82, 2.24) is 15.1 Å². The van der Waals surface area contributed by atoms with E-state index in [4.69, 9.17) is 4.74 Å². The van der Waals surface area contributed by atoms with Gasteiger partial charge in [0.25, 0.3) is 0 Å². The number of likely N-dealkylation sites (tertiary alicyclic amines) is 1. The van der Waals surface area contributed by atoms with Crippen molar-refractivity contribution in [2.45, 2.75) is 64.8 Å². The number of nitrogens with one attached hydrogen (secondary N) is 1. The molecule has 5 heteroatoms. The smallest absolute Gasteiger partial charge is 0.410 e. The first-order valence-corrected chi connectivity index (χ1v) is 7.72. The summed E-state index contributed by atoms with van der Waals surface area (Å²) in [5, 5.41) is 3.55. The molecule has 5 nitrogen and oxygen atoms in total. The van der Waals surface area contributed by atoms with E-state index in [0.29, 0.717) is 18.1 Å². The minimum atomic E-state index is -0.409. The molecule has 0 unspecified atom stereocenters. The molecule has 0 saturated carbocycles. The Balaban J connectivity index is 1.87. The van der Waals surface area contributed by atoms with Crippen LogP contribution >= 0.6 is 0 Å². The minimum absolute atomic E-state index is 0.170. The molecule has 1 N–H and O–H groups in total. The third-order valence-electron chi connectivity index (χ3n) is 3.92. The lowest BCUT2D eigenvalue weighted by molar-refractivity contribution is 0.0273. The zero-order valence-electron chi connectivity index (χ0n) is 13.5. The minimum Gasteiger partial charge on any atom is -0.444 e. The van der Waals surface area contributed by atoms with Gasteiger partial charge in [0.1, 0.15) is 5.60 Å². The first-order valence-electron chi connectivity index (χ1n) is 7.72. The second-order valence-corrected chi connectivity index (χ2v) is 7.29. The van der Waals surface area contributed by atoms with E-state index in [2.05, 4.69) is 24.1 Å². The van der Waals surface area contributed by atoms with Gasteiger partial charge < -0.3 is 15.0 Å². The molecule has 0 aromatic carbocycles. The second kappa shape index (κ2) is 5.90. The summed E-state index contributed by atoms with van der Waals surface area (Å²) in [5.41, 5.74) is -0.409. The van der Waals surface area contributed by atoms with Gasteiger partial charge in [0.05, 0.1) is 0 Å². The maximum absolute atomic E-state index is 12.1. The number of carbonyl (C=O) groups excluding carboxylic acids is 1. The van der Waals surface area contributed by atoms with Crippen molar-refractivity contribution in [3.63, 3.8) is 0 Å². The molecule has 2 fully saturated rings. The average Bonchev–Trinajstić information content (AvgIpc) is 2.74. The third kappa shape index (κ3) is 4.09. The summed E-state index contributed by atoms with van der Waals surface area (Å²) in [6, 6.07) is 1.53. The Morgan fingerprint density at radius 2 is 1.75 bits per heavy atom. The third-order valence-corrected chi connectivity index (χ3v) is 3.92. The predicted molar refractivity (Wildman–Crippen MR) is 79.8 cm³/mol. The predicted octanol–water partition coefficient (Wildman–Crippen LogP) is 1.68. The summed E-state index contributed by atoms with van der Waals surface area (Å²) in [4.78, 5) is 16.5. The molecule has 0 radical (unpaired) electrons. The molecule has 0 aliphatic carbocycles. The Kier molecular flexibility index (Phi) is 4.59. The van der Waals surface area contributed by atoms with Gasteiger partial charge in [-0.15, -0.1) is 0 Å². The standard InChI is InChI=1S/C15H29N3O2/c1-11-8-18(9-12(2)16-11)13-6-7-17(10-13)14(19)20-15(3,4)5/h11-13,16H,6-10H2,1-5H3/t11-,12+,13-/m1/s1. The lowest BCUT2D eigenvalue weighted by Crippen LogP contribution is -2.57. The second-order valence-electron chi connectivity index (χ2n) is 7.29. The van der Waals surface area contributed by atoms with Crippen molar-refractivity contribution in [2.24, 2.45) is 0 Å². The molecule has 0 aromatic rings. The quantitative estimate of drug-likeness (QED) is 0.795. The number of rotatable bonds is 1. The topological polar surface area (TPSA) is 44.8 Å². The van der Waals surface area contributed by atoms with Crippen molar-refractivity contribution < 1.29 is 9.53 Å². The van der Waals surface area contributed by atoms with Gasteiger partial charge in [0.15, 0.2) is 0 Å². The van der Waals surface area contributed by atoms with E-state index in [0.717, 1.165) is 32.6 Å². The SMILES string of the molecule is C[C@@H]1CN([C@@H]2CCN(C(=O)OC(C)(C)C)C2)C[C@H](C)N1. The Morgan fingerprint density at radius 3 is 2.30 bits per heavy atom. The van der Waals surface area contributed by atoms with Crippen molar-refractivity contribution >= 4 is 6.09 Å². The fraction of sp³-hybridized carbons (Fsp3) is 0.933. The van der Waals surface area contributed by atoms with Crippen molar-refractivity contribution in [3.8, 4) is 0 Å². The van der Waals surface area contributed by atoms with Crippen molar-refractivity contribution in [3.05, 3.63) is 0 Å². The van der Waals surface area contributed by atoms with Crippen molar-refractivity contribution in [1.29, 1.82) is 0 Å². The number of ether oxygens (including phenoxy) is 1. The highest BCUT2D eigenvalue weighted by Crippen LogP contribution is 2.20. The molecule has 2 heterocycles. The van der Waals surface area contributed by atoms with Crippen LogP contribution in [0.5, 0.6) is 0 Å². The van der Waals surface area contributed by atoms with Crippen LogP contribution in [0.25, 0.3) is 0 Å². The van der Waals surface area contributed by atoms with Gasteiger partial charge in [-0.3, -0.25) is 4.90 Å². The normalized spacial score (nSPS) is 32.5. The number of carbonyl (C=O) groups is 1. The lowest BCUT2D eigenvalue weighted by Gasteiger charge is -2.39. The lowest BCUT2D eigenvalue weighted by atomic mass is 10.1. The monoisotopic (exact) mass is 283 g/mol. The van der Waals surface area contributed by atoms with E-state index < -0.39 is 5.60 Å². The molecule has 1 amide bonds. The van der Waals surface area contributed by atoms with Gasteiger partial charge in [-0.05, 0) is 41.0 Å². The van der Waals surface area contributed by atoms with Gasteiger partial charge >= 0.3 is 6.09 Å². The van der Waals surface area contributed by atoms with E-state index in [1.807, 2.05) is 25.7 Å². The van der Waals surface area contributed by atoms with Crippen LogP contribution in [0.1, 0.15) is 41.0 Å². The van der Waals surface area contributed by atoms with Crippen LogP contribution in [0.3, 0.4) is 0 Å². The number of amides is 1. The van der Waals surface area contributed by atoms with Crippen LogP contribution in [-0.4, -0.2) is 65.8 Å². The summed E-state index contributed by atoms with van der Waals surface area (Å²) in [7, 11) is 0. The number of piperazine rings is 1. The maximum atomic E-state index is 12.1. The number of nitrogens with zero attached hydrogens (tertiary/aromatic N) is 2. The molecule has 2 aliphatic rings. The molecule has 2 aliphatic heterocycles. The number of hydrogen-bond acceptors (Lipinski definition) is 4. The fourth-order valence-corrected chi connectivity index (χ4v) is 3.20. The van der Waals surface area contributed by atoms with Gasteiger partial charge in [-0.25, -0.2) is 4.79 Å². The summed E-state index contributed by atoms with van der Waals surface area (Å²) in [5.74, 6) is 0. The van der Waals surface area contributed by atoms with Gasteiger partial charge in [-0.2, -0.15) is 0 Å². The van der Waals surface area contributed by atoms with Crippen LogP contribution in [0.15, 0.2) is 0 Å². The van der Waals surface area contributed by atoms with Gasteiger partial charge in [-0.1, -0.05) is 0 Å². The highest BCUT2D eigenvalue weighted by atomic mass is 16.6. The molecule has 2 rings (SSSR count). The molecule has 20 heavy (non-hydrogen) atoms. The first kappa shape index (κ1) is 15.6. The molecular formula is C15H29N3O2. The first-order chi connectivity index (χ1) is 9.24. The Labute approximate surface area is 122 Å². The summed E-state index contributed by atoms with van der Waals surface area (Å²) in [6.45, 7) is 13.9. The Bertz CT molecular complexity index is 344. The van der Waals surface area contributed by atoms with E-state index in [1.165, 1.54) is 0 Å². The molecule has 0 aromatic heterocycles. The van der Waals surface area contributed by atoms with E-state index in [9.17, 15) is 4.79 Å². The van der Waals surface area contributed by atoms with Crippen LogP contribution in [0.4, 0.5) is 4.79 Å². The molecule has 0 bridgehead atoms. The van der Waals surface area contributed by atoms with Crippen LogP contribution in [-0.2, 0) is 4.74 Å². The van der Waals surface area contributed by atoms with E-state index >= 15 is 0 Å². The summed E-state index contributed by atoms with van der Waals surface area (Å²) in [6.07, 6.45) is 0.884.